The molecule has 0 aliphatic rings. The Hall–Kier alpha value is -1.51. The van der Waals surface area contributed by atoms with Gasteiger partial charge in [-0.15, -0.1) is 0 Å². The monoisotopic (exact) mass is 265 g/mol. The fourth-order valence-electron chi connectivity index (χ4n) is 1.24. The molecular formula is C16H27NO2. The van der Waals surface area contributed by atoms with Crippen LogP contribution in [0.2, 0.25) is 0 Å². The maximum atomic E-state index is 11.3. The number of hydrogen-bond donors (Lipinski definition) is 1. The topological polar surface area (TPSA) is 38.3 Å². The zero-order valence-electron chi connectivity index (χ0n) is 12.8. The number of anilines is 1. The first kappa shape index (κ1) is 17.5. The Morgan fingerprint density at radius 3 is 2.11 bits per heavy atom. The highest BCUT2D eigenvalue weighted by Gasteiger charge is 2.07. The normalized spacial score (nSPS) is 9.58. The van der Waals surface area contributed by atoms with Crippen molar-refractivity contribution in [3.8, 4) is 0 Å². The van der Waals surface area contributed by atoms with Crippen molar-refractivity contribution >= 4 is 11.7 Å². The molecule has 0 fully saturated rings. The average molecular weight is 265 g/mol. The van der Waals surface area contributed by atoms with Crippen LogP contribution in [0.5, 0.6) is 0 Å². The molecule has 0 aromatic heterocycles. The molecule has 0 atom stereocenters. The molecule has 0 saturated heterocycles. The van der Waals surface area contributed by atoms with Gasteiger partial charge in [-0.3, -0.25) is 4.79 Å². The largest absolute Gasteiger partial charge is 0.461 e. The van der Waals surface area contributed by atoms with Crippen molar-refractivity contribution in [3.63, 3.8) is 0 Å². The average Bonchev–Trinajstić information content (AvgIpc) is 2.38. The Kier molecular flexibility index (Phi) is 9.59. The molecule has 0 radical (unpaired) electrons. The molecule has 1 N–H and O–H groups in total. The molecule has 1 rings (SSSR count). The number of carbonyl (C=O) groups excluding carboxylic acids is 1. The van der Waals surface area contributed by atoms with Crippen LogP contribution in [0.25, 0.3) is 0 Å². The van der Waals surface area contributed by atoms with Gasteiger partial charge >= 0.3 is 5.97 Å². The van der Waals surface area contributed by atoms with Gasteiger partial charge in [-0.05, 0) is 24.6 Å². The summed E-state index contributed by atoms with van der Waals surface area (Å²) >= 11 is 0. The minimum atomic E-state index is -0.157. The number of nitrogens with one attached hydrogen (secondary N) is 1. The molecule has 0 aliphatic carbocycles. The number of esters is 1. The molecule has 0 amide bonds. The lowest BCUT2D eigenvalue weighted by atomic mass is 10.2. The van der Waals surface area contributed by atoms with Gasteiger partial charge < -0.3 is 10.1 Å². The fraction of sp³-hybridized carbons (Fsp3) is 0.562. The molecule has 3 heteroatoms. The van der Waals surface area contributed by atoms with Gasteiger partial charge in [-0.25, -0.2) is 0 Å². The molecule has 19 heavy (non-hydrogen) atoms. The van der Waals surface area contributed by atoms with Crippen LogP contribution in [0.15, 0.2) is 24.3 Å². The summed E-state index contributed by atoms with van der Waals surface area (Å²) in [5.41, 5.74) is 2.09. The third-order valence-electron chi connectivity index (χ3n) is 2.19. The number of hydrogen-bond acceptors (Lipinski definition) is 3. The summed E-state index contributed by atoms with van der Waals surface area (Å²) in [5, 5.41) is 3.21. The number of ether oxygens (including phenoxy) is 1. The van der Waals surface area contributed by atoms with Crippen molar-refractivity contribution < 1.29 is 9.53 Å². The summed E-state index contributed by atoms with van der Waals surface area (Å²) in [7, 11) is 0. The number of benzene rings is 1. The first-order valence-electron chi connectivity index (χ1n) is 7.04. The van der Waals surface area contributed by atoms with Crippen LogP contribution < -0.4 is 5.32 Å². The van der Waals surface area contributed by atoms with Gasteiger partial charge in [0.1, 0.15) is 6.61 Å². The first-order valence-corrected chi connectivity index (χ1v) is 7.04. The maximum Gasteiger partial charge on any atom is 0.308 e. The Morgan fingerprint density at radius 1 is 1.16 bits per heavy atom. The molecular weight excluding hydrogens is 238 g/mol. The molecule has 0 saturated carbocycles. The van der Waals surface area contributed by atoms with E-state index >= 15 is 0 Å². The van der Waals surface area contributed by atoms with E-state index in [1.807, 2.05) is 38.1 Å². The molecule has 1 aromatic carbocycles. The summed E-state index contributed by atoms with van der Waals surface area (Å²) < 4.78 is 5.13. The van der Waals surface area contributed by atoms with Crippen molar-refractivity contribution in [3.05, 3.63) is 29.8 Å². The van der Waals surface area contributed by atoms with Crippen LogP contribution in [0.4, 0.5) is 5.69 Å². The van der Waals surface area contributed by atoms with Crippen molar-refractivity contribution in [1.82, 2.24) is 0 Å². The number of rotatable bonds is 5. The second-order valence-corrected chi connectivity index (χ2v) is 4.70. The lowest BCUT2D eigenvalue weighted by Crippen LogP contribution is -2.11. The molecule has 0 bridgehead atoms. The molecule has 1 aromatic rings. The van der Waals surface area contributed by atoms with Gasteiger partial charge in [0.15, 0.2) is 0 Å². The minimum absolute atomic E-state index is 0.0685. The second kappa shape index (κ2) is 10.4. The van der Waals surface area contributed by atoms with E-state index in [0.717, 1.165) is 17.8 Å². The molecule has 0 aliphatic heterocycles. The van der Waals surface area contributed by atoms with E-state index in [1.165, 1.54) is 6.42 Å². The van der Waals surface area contributed by atoms with Crippen molar-refractivity contribution in [2.24, 2.45) is 5.92 Å². The minimum Gasteiger partial charge on any atom is -0.461 e. The molecule has 0 unspecified atom stereocenters. The smallest absolute Gasteiger partial charge is 0.308 e. The Bertz CT molecular complexity index is 344. The highest BCUT2D eigenvalue weighted by atomic mass is 16.5. The summed E-state index contributed by atoms with van der Waals surface area (Å²) in [6.07, 6.45) is 1.25. The van der Waals surface area contributed by atoms with Gasteiger partial charge in [-0.2, -0.15) is 0 Å². The van der Waals surface area contributed by atoms with Gasteiger partial charge in [-0.1, -0.05) is 46.2 Å². The van der Waals surface area contributed by atoms with E-state index in [-0.39, 0.29) is 11.9 Å². The van der Waals surface area contributed by atoms with Crippen LogP contribution in [-0.2, 0) is 16.1 Å². The quantitative estimate of drug-likeness (QED) is 0.809. The van der Waals surface area contributed by atoms with Gasteiger partial charge in [0.25, 0.3) is 0 Å². The second-order valence-electron chi connectivity index (χ2n) is 4.70. The molecule has 108 valence electrons. The van der Waals surface area contributed by atoms with E-state index in [1.54, 1.807) is 0 Å². The summed E-state index contributed by atoms with van der Waals surface area (Å²) in [5.74, 6) is -0.225. The SMILES string of the molecule is CCC.CCNc1ccc(COC(=O)C(C)C)cc1. The Labute approximate surface area is 117 Å². The standard InChI is InChI=1S/C13H19NO2.C3H8/c1-4-14-12-7-5-11(6-8-12)9-16-13(15)10(2)3;1-3-2/h5-8,10,14H,4,9H2,1-3H3;3H2,1-2H3. The summed E-state index contributed by atoms with van der Waals surface area (Å²) in [6.45, 7) is 11.2. The zero-order chi connectivity index (χ0) is 14.7. The van der Waals surface area contributed by atoms with E-state index in [0.29, 0.717) is 6.61 Å². The van der Waals surface area contributed by atoms with Crippen LogP contribution >= 0.6 is 0 Å². The van der Waals surface area contributed by atoms with Gasteiger partial charge in [0.05, 0.1) is 5.92 Å². The predicted octanol–water partition coefficient (Wildman–Crippen LogP) is 4.23. The van der Waals surface area contributed by atoms with Crippen LogP contribution in [0, 0.1) is 5.92 Å². The molecule has 0 heterocycles. The van der Waals surface area contributed by atoms with E-state index in [2.05, 4.69) is 26.1 Å². The molecule has 3 nitrogen and oxygen atoms in total. The van der Waals surface area contributed by atoms with Crippen molar-refractivity contribution in [1.29, 1.82) is 0 Å². The number of carbonyl (C=O) groups is 1. The highest BCUT2D eigenvalue weighted by Crippen LogP contribution is 2.10. The summed E-state index contributed by atoms with van der Waals surface area (Å²) in [4.78, 5) is 11.3. The van der Waals surface area contributed by atoms with Gasteiger partial charge in [0, 0.05) is 12.2 Å². The lowest BCUT2D eigenvalue weighted by Gasteiger charge is -2.08. The van der Waals surface area contributed by atoms with Crippen molar-refractivity contribution in [2.75, 3.05) is 11.9 Å². The van der Waals surface area contributed by atoms with Crippen molar-refractivity contribution in [2.45, 2.75) is 47.6 Å². The highest BCUT2D eigenvalue weighted by molar-refractivity contribution is 5.71. The van der Waals surface area contributed by atoms with Gasteiger partial charge in [0.2, 0.25) is 0 Å². The van der Waals surface area contributed by atoms with E-state index in [4.69, 9.17) is 4.74 Å². The summed E-state index contributed by atoms with van der Waals surface area (Å²) in [6, 6.07) is 7.90. The van der Waals surface area contributed by atoms with E-state index in [9.17, 15) is 4.79 Å². The molecule has 0 spiro atoms. The lowest BCUT2D eigenvalue weighted by molar-refractivity contribution is -0.148. The first-order chi connectivity index (χ1) is 9.04. The zero-order valence-corrected chi connectivity index (χ0v) is 12.8. The van der Waals surface area contributed by atoms with Crippen LogP contribution in [0.3, 0.4) is 0 Å². The fourth-order valence-corrected chi connectivity index (χ4v) is 1.24. The third kappa shape index (κ3) is 8.25. The van der Waals surface area contributed by atoms with Crippen LogP contribution in [0.1, 0.15) is 46.6 Å². The Balaban J connectivity index is 0.000000982. The van der Waals surface area contributed by atoms with E-state index < -0.39 is 0 Å². The predicted molar refractivity (Wildman–Crippen MR) is 81.2 cm³/mol. The van der Waals surface area contributed by atoms with Crippen LogP contribution in [-0.4, -0.2) is 12.5 Å². The third-order valence-corrected chi connectivity index (χ3v) is 2.19. The maximum absolute atomic E-state index is 11.3. The Morgan fingerprint density at radius 2 is 1.68 bits per heavy atom.